The number of aryl methyl sites for hydroxylation is 1. The largest absolute Gasteiger partial charge is 0.629 e. The molecule has 0 spiro atoms. The van der Waals surface area contributed by atoms with E-state index in [1.54, 1.807) is 12.3 Å². The molecular formula is C10H8NORe-. The van der Waals surface area contributed by atoms with E-state index in [0.717, 1.165) is 10.9 Å². The summed E-state index contributed by atoms with van der Waals surface area (Å²) in [5.74, 6) is 0. The summed E-state index contributed by atoms with van der Waals surface area (Å²) in [7, 11) is 0. The molecule has 0 saturated carbocycles. The summed E-state index contributed by atoms with van der Waals surface area (Å²) >= 11 is 0. The molecule has 2 rings (SSSR count). The summed E-state index contributed by atoms with van der Waals surface area (Å²) in [6.45, 7) is 1.95. The van der Waals surface area contributed by atoms with Crippen LogP contribution < -0.4 is 10.5 Å². The molecule has 0 amide bonds. The molecule has 0 unspecified atom stereocenters. The van der Waals surface area contributed by atoms with Gasteiger partial charge in [-0.05, 0) is 12.3 Å². The van der Waals surface area contributed by atoms with Gasteiger partial charge in [0.1, 0.15) is 0 Å². The smallest absolute Gasteiger partial charge is 0.0855 e. The first-order valence-electron chi connectivity index (χ1n) is 3.80. The van der Waals surface area contributed by atoms with Gasteiger partial charge in [0.2, 0.25) is 0 Å². The van der Waals surface area contributed by atoms with Crippen molar-refractivity contribution in [2.75, 3.05) is 0 Å². The third-order valence-electron chi connectivity index (χ3n) is 1.96. The molecule has 1 radical (unpaired) electrons. The van der Waals surface area contributed by atoms with E-state index in [9.17, 15) is 4.79 Å². The van der Waals surface area contributed by atoms with E-state index in [4.69, 9.17) is 0 Å². The monoisotopic (exact) mass is 345 g/mol. The Morgan fingerprint density at radius 3 is 2.38 bits per heavy atom. The second-order valence-corrected chi connectivity index (χ2v) is 2.79. The third kappa shape index (κ3) is 1.72. The van der Waals surface area contributed by atoms with Crippen LogP contribution in [0.1, 0.15) is 5.56 Å². The summed E-state index contributed by atoms with van der Waals surface area (Å²) < 4.78 is 0. The molecule has 0 aliphatic heterocycles. The van der Waals surface area contributed by atoms with Crippen molar-refractivity contribution >= 4 is 10.8 Å². The van der Waals surface area contributed by atoms with Gasteiger partial charge in [0.05, 0.1) is 5.56 Å². The molecule has 1 aromatic heterocycles. The molecule has 2 aromatic rings. The summed E-state index contributed by atoms with van der Waals surface area (Å²) in [6.07, 6.45) is 1.62. The number of pyridine rings is 1. The first-order valence-corrected chi connectivity index (χ1v) is 3.80. The molecule has 0 fully saturated rings. The van der Waals surface area contributed by atoms with Crippen molar-refractivity contribution in [2.24, 2.45) is 0 Å². The number of hydrogen-bond acceptors (Lipinski definition) is 1. The van der Waals surface area contributed by atoms with Gasteiger partial charge >= 0.3 is 0 Å². The number of fused-ring (bicyclic) bond motifs is 1. The molecule has 0 atom stereocenters. The van der Waals surface area contributed by atoms with Crippen molar-refractivity contribution in [3.63, 3.8) is 0 Å². The number of aromatic nitrogens is 1. The Morgan fingerprint density at radius 1 is 1.15 bits per heavy atom. The summed E-state index contributed by atoms with van der Waals surface area (Å²) in [4.78, 5) is 15.0. The molecule has 1 heterocycles. The SMILES string of the molecule is Cc1c[n-]c(=O)c2ccccc12.[Re]. The molecule has 67 valence electrons. The fourth-order valence-corrected chi connectivity index (χ4v) is 1.31. The normalized spacial score (nSPS) is 9.62. The standard InChI is InChI=1S/C10H9NO.Re/c1-7-6-11-10(12)9-5-3-2-4-8(7)9;/h2-6H,1H3,(H,11,12);/p-1. The van der Waals surface area contributed by atoms with Crippen LogP contribution in [0.2, 0.25) is 0 Å². The first kappa shape index (κ1) is 10.2. The van der Waals surface area contributed by atoms with E-state index >= 15 is 0 Å². The Balaban J connectivity index is 0.000000845. The minimum absolute atomic E-state index is 0. The predicted molar refractivity (Wildman–Crippen MR) is 48.3 cm³/mol. The molecule has 2 nitrogen and oxygen atoms in total. The van der Waals surface area contributed by atoms with Crippen LogP contribution in [0.4, 0.5) is 0 Å². The molecule has 13 heavy (non-hydrogen) atoms. The topological polar surface area (TPSA) is 31.2 Å². The van der Waals surface area contributed by atoms with Gasteiger partial charge in [0, 0.05) is 25.8 Å². The van der Waals surface area contributed by atoms with E-state index in [-0.39, 0.29) is 26.0 Å². The maximum absolute atomic E-state index is 11.2. The predicted octanol–water partition coefficient (Wildman–Crippen LogP) is 1.46. The molecule has 0 aliphatic rings. The van der Waals surface area contributed by atoms with Gasteiger partial charge in [-0.1, -0.05) is 29.8 Å². The van der Waals surface area contributed by atoms with Crippen LogP contribution in [-0.4, -0.2) is 0 Å². The van der Waals surface area contributed by atoms with Crippen LogP contribution in [-0.2, 0) is 20.4 Å². The van der Waals surface area contributed by atoms with Gasteiger partial charge in [-0.2, -0.15) is 6.20 Å². The van der Waals surface area contributed by atoms with Crippen molar-refractivity contribution in [2.45, 2.75) is 6.92 Å². The van der Waals surface area contributed by atoms with Gasteiger partial charge in [-0.25, -0.2) is 0 Å². The number of hydrogen-bond donors (Lipinski definition) is 0. The number of nitrogens with zero attached hydrogens (tertiary/aromatic N) is 1. The number of rotatable bonds is 0. The van der Waals surface area contributed by atoms with E-state index < -0.39 is 0 Å². The molecule has 0 saturated heterocycles. The molecule has 0 bridgehead atoms. The zero-order valence-electron chi connectivity index (χ0n) is 7.12. The minimum Gasteiger partial charge on any atom is -0.629 e. The summed E-state index contributed by atoms with van der Waals surface area (Å²) in [5, 5.41) is 1.70. The average molecular weight is 344 g/mol. The van der Waals surface area contributed by atoms with E-state index in [1.165, 1.54) is 0 Å². The average Bonchev–Trinajstić information content (AvgIpc) is 2.12. The molecule has 1 aromatic carbocycles. The van der Waals surface area contributed by atoms with Crippen molar-refractivity contribution in [3.05, 3.63) is 46.4 Å². The Bertz CT molecular complexity index is 476. The maximum atomic E-state index is 11.2. The first-order chi connectivity index (χ1) is 5.79. The van der Waals surface area contributed by atoms with Crippen molar-refractivity contribution in [3.8, 4) is 0 Å². The van der Waals surface area contributed by atoms with E-state index in [0.29, 0.717) is 5.39 Å². The van der Waals surface area contributed by atoms with E-state index in [1.807, 2.05) is 25.1 Å². The maximum Gasteiger partial charge on any atom is 0.0855 e. The zero-order valence-corrected chi connectivity index (χ0v) is 9.84. The van der Waals surface area contributed by atoms with Gasteiger partial charge < -0.3 is 9.78 Å². The second kappa shape index (κ2) is 3.87. The Kier molecular flexibility index (Phi) is 3.03. The van der Waals surface area contributed by atoms with Crippen molar-refractivity contribution in [1.29, 1.82) is 0 Å². The van der Waals surface area contributed by atoms with Crippen LogP contribution in [0.25, 0.3) is 10.8 Å². The summed E-state index contributed by atoms with van der Waals surface area (Å²) in [5.41, 5.74) is 0.904. The van der Waals surface area contributed by atoms with Crippen LogP contribution in [0.3, 0.4) is 0 Å². The fourth-order valence-electron chi connectivity index (χ4n) is 1.31. The van der Waals surface area contributed by atoms with Crippen molar-refractivity contribution in [1.82, 2.24) is 4.98 Å². The molecule has 0 N–H and O–H groups in total. The Hall–Kier alpha value is -0.908. The van der Waals surface area contributed by atoms with Gasteiger partial charge in [-0.3, -0.25) is 0 Å². The van der Waals surface area contributed by atoms with Gasteiger partial charge in [0.15, 0.2) is 0 Å². The second-order valence-electron chi connectivity index (χ2n) is 2.79. The van der Waals surface area contributed by atoms with Gasteiger partial charge in [0.25, 0.3) is 0 Å². The quantitative estimate of drug-likeness (QED) is 0.725. The minimum atomic E-state index is -0.142. The summed E-state index contributed by atoms with van der Waals surface area (Å²) in [6, 6.07) is 7.52. The van der Waals surface area contributed by atoms with Crippen molar-refractivity contribution < 1.29 is 20.4 Å². The number of benzene rings is 1. The molecule has 0 aliphatic carbocycles. The van der Waals surface area contributed by atoms with Crippen LogP contribution in [0.15, 0.2) is 35.3 Å². The molecular weight excluding hydrogens is 336 g/mol. The Morgan fingerprint density at radius 2 is 1.77 bits per heavy atom. The zero-order chi connectivity index (χ0) is 8.55. The van der Waals surface area contributed by atoms with E-state index in [2.05, 4.69) is 4.98 Å². The van der Waals surface area contributed by atoms with Crippen LogP contribution >= 0.6 is 0 Å². The van der Waals surface area contributed by atoms with Gasteiger partial charge in [-0.15, -0.1) is 0 Å². The van der Waals surface area contributed by atoms with Crippen LogP contribution in [0.5, 0.6) is 0 Å². The Labute approximate surface area is 89.6 Å². The van der Waals surface area contributed by atoms with Crippen LogP contribution in [0, 0.1) is 6.92 Å². The fraction of sp³-hybridized carbons (Fsp3) is 0.100. The third-order valence-corrected chi connectivity index (χ3v) is 1.96. The molecule has 3 heteroatoms.